The molecule has 2 nitrogen and oxygen atoms in total. The van der Waals surface area contributed by atoms with E-state index in [-0.39, 0.29) is 0 Å². The van der Waals surface area contributed by atoms with E-state index >= 15 is 0 Å². The van der Waals surface area contributed by atoms with Crippen LogP contribution in [0.15, 0.2) is 0 Å². The van der Waals surface area contributed by atoms with Crippen LogP contribution in [-0.2, 0) is 0 Å². The third-order valence-corrected chi connectivity index (χ3v) is 6.30. The van der Waals surface area contributed by atoms with Gasteiger partial charge in [-0.05, 0) is 70.5 Å². The van der Waals surface area contributed by atoms with Gasteiger partial charge in [-0.15, -0.1) is 0 Å². The van der Waals surface area contributed by atoms with Crippen molar-refractivity contribution in [3.05, 3.63) is 0 Å². The molecular formula is C18H36N2. The molecule has 3 atom stereocenters. The fourth-order valence-corrected chi connectivity index (χ4v) is 5.22. The first-order valence-electron chi connectivity index (χ1n) is 9.10. The van der Waals surface area contributed by atoms with E-state index in [0.717, 1.165) is 11.8 Å². The van der Waals surface area contributed by atoms with Crippen molar-refractivity contribution in [2.45, 2.75) is 83.7 Å². The Morgan fingerprint density at radius 1 is 1.10 bits per heavy atom. The van der Waals surface area contributed by atoms with E-state index in [4.69, 9.17) is 0 Å². The SMILES string of the molecule is CCC(CC)(C(NC)C1CCCC(C)C1)N1CCCC1. The molecule has 0 spiro atoms. The average Bonchev–Trinajstić information content (AvgIpc) is 2.99. The lowest BCUT2D eigenvalue weighted by Gasteiger charge is -2.51. The zero-order valence-corrected chi connectivity index (χ0v) is 14.3. The van der Waals surface area contributed by atoms with E-state index in [1.54, 1.807) is 0 Å². The van der Waals surface area contributed by atoms with Gasteiger partial charge in [-0.2, -0.15) is 0 Å². The molecule has 0 aromatic heterocycles. The summed E-state index contributed by atoms with van der Waals surface area (Å²) in [6.45, 7) is 9.93. The smallest absolute Gasteiger partial charge is 0.0359 e. The Balaban J connectivity index is 2.19. The maximum absolute atomic E-state index is 3.77. The summed E-state index contributed by atoms with van der Waals surface area (Å²) in [7, 11) is 2.21. The van der Waals surface area contributed by atoms with Crippen LogP contribution in [0.3, 0.4) is 0 Å². The Morgan fingerprint density at radius 2 is 1.75 bits per heavy atom. The lowest BCUT2D eigenvalue weighted by Crippen LogP contribution is -2.62. The first-order valence-corrected chi connectivity index (χ1v) is 9.10. The first-order chi connectivity index (χ1) is 9.67. The molecular weight excluding hydrogens is 244 g/mol. The fraction of sp³-hybridized carbons (Fsp3) is 1.00. The molecule has 1 saturated carbocycles. The van der Waals surface area contributed by atoms with Crippen molar-refractivity contribution in [1.82, 2.24) is 10.2 Å². The van der Waals surface area contributed by atoms with Gasteiger partial charge in [0.05, 0.1) is 0 Å². The second-order valence-electron chi connectivity index (χ2n) is 7.30. The molecule has 0 aromatic carbocycles. The van der Waals surface area contributed by atoms with Gasteiger partial charge in [0.25, 0.3) is 0 Å². The highest BCUT2D eigenvalue weighted by molar-refractivity contribution is 5.03. The summed E-state index contributed by atoms with van der Waals surface area (Å²) in [5, 5.41) is 3.77. The molecule has 2 rings (SSSR count). The van der Waals surface area contributed by atoms with Crippen molar-refractivity contribution >= 4 is 0 Å². The van der Waals surface area contributed by atoms with Crippen LogP contribution in [0.25, 0.3) is 0 Å². The predicted molar refractivity (Wildman–Crippen MR) is 88.1 cm³/mol. The molecule has 118 valence electrons. The Morgan fingerprint density at radius 3 is 2.25 bits per heavy atom. The summed E-state index contributed by atoms with van der Waals surface area (Å²) < 4.78 is 0. The molecule has 0 amide bonds. The molecule has 1 N–H and O–H groups in total. The number of nitrogens with one attached hydrogen (secondary N) is 1. The number of likely N-dealkylation sites (N-methyl/N-ethyl adjacent to an activating group) is 1. The minimum absolute atomic E-state index is 0.396. The van der Waals surface area contributed by atoms with E-state index in [1.807, 2.05) is 0 Å². The maximum atomic E-state index is 3.77. The second kappa shape index (κ2) is 7.26. The van der Waals surface area contributed by atoms with Crippen LogP contribution in [0.1, 0.15) is 72.1 Å². The Hall–Kier alpha value is -0.0800. The number of hydrogen-bond acceptors (Lipinski definition) is 2. The van der Waals surface area contributed by atoms with Crippen LogP contribution in [0.4, 0.5) is 0 Å². The van der Waals surface area contributed by atoms with Crippen LogP contribution in [0.5, 0.6) is 0 Å². The number of likely N-dealkylation sites (tertiary alicyclic amines) is 1. The molecule has 0 bridgehead atoms. The van der Waals surface area contributed by atoms with Gasteiger partial charge >= 0.3 is 0 Å². The van der Waals surface area contributed by atoms with Gasteiger partial charge < -0.3 is 5.32 Å². The monoisotopic (exact) mass is 280 g/mol. The van der Waals surface area contributed by atoms with Gasteiger partial charge in [0.1, 0.15) is 0 Å². The number of rotatable bonds is 6. The van der Waals surface area contributed by atoms with Gasteiger partial charge in [-0.1, -0.05) is 33.6 Å². The predicted octanol–water partition coefficient (Wildman–Crippen LogP) is 4.06. The van der Waals surface area contributed by atoms with Crippen LogP contribution < -0.4 is 5.32 Å². The molecule has 20 heavy (non-hydrogen) atoms. The summed E-state index contributed by atoms with van der Waals surface area (Å²) in [6, 6.07) is 0.679. The highest BCUT2D eigenvalue weighted by atomic mass is 15.2. The number of hydrogen-bond donors (Lipinski definition) is 1. The molecule has 1 saturated heterocycles. The average molecular weight is 280 g/mol. The summed E-state index contributed by atoms with van der Waals surface area (Å²) in [5.41, 5.74) is 0.396. The Bertz CT molecular complexity index is 279. The summed E-state index contributed by atoms with van der Waals surface area (Å²) in [4.78, 5) is 2.83. The van der Waals surface area contributed by atoms with Gasteiger partial charge in [0.2, 0.25) is 0 Å². The maximum Gasteiger partial charge on any atom is 0.0359 e. The van der Waals surface area contributed by atoms with Crippen LogP contribution in [0.2, 0.25) is 0 Å². The normalized spacial score (nSPS) is 30.6. The highest BCUT2D eigenvalue weighted by Gasteiger charge is 2.45. The third kappa shape index (κ3) is 3.06. The van der Waals surface area contributed by atoms with Gasteiger partial charge in [0, 0.05) is 11.6 Å². The van der Waals surface area contributed by atoms with E-state index < -0.39 is 0 Å². The molecule has 2 aliphatic rings. The molecule has 2 fully saturated rings. The first kappa shape index (κ1) is 16.3. The van der Waals surface area contributed by atoms with Crippen molar-refractivity contribution in [2.75, 3.05) is 20.1 Å². The minimum atomic E-state index is 0.396. The third-order valence-electron chi connectivity index (χ3n) is 6.30. The lowest BCUT2D eigenvalue weighted by molar-refractivity contribution is 0.0267. The summed E-state index contributed by atoms with van der Waals surface area (Å²) in [5.74, 6) is 1.80. The van der Waals surface area contributed by atoms with E-state index in [0.29, 0.717) is 11.6 Å². The van der Waals surface area contributed by atoms with Gasteiger partial charge in [-0.25, -0.2) is 0 Å². The standard InChI is InChI=1S/C18H36N2/c1-5-18(6-2,20-12-7-8-13-20)17(19-4)16-11-9-10-15(3)14-16/h15-17,19H,5-14H2,1-4H3. The second-order valence-corrected chi connectivity index (χ2v) is 7.30. The highest BCUT2D eigenvalue weighted by Crippen LogP contribution is 2.40. The molecule has 1 heterocycles. The summed E-state index contributed by atoms with van der Waals surface area (Å²) >= 11 is 0. The lowest BCUT2D eigenvalue weighted by atomic mass is 9.69. The van der Waals surface area contributed by atoms with Gasteiger partial charge in [-0.3, -0.25) is 4.90 Å². The Labute approximate surface area is 126 Å². The van der Waals surface area contributed by atoms with Crippen molar-refractivity contribution in [3.8, 4) is 0 Å². The van der Waals surface area contributed by atoms with Crippen molar-refractivity contribution < 1.29 is 0 Å². The van der Waals surface area contributed by atoms with Gasteiger partial charge in [0.15, 0.2) is 0 Å². The topological polar surface area (TPSA) is 15.3 Å². The molecule has 1 aliphatic heterocycles. The number of nitrogens with zero attached hydrogens (tertiary/aromatic N) is 1. The van der Waals surface area contributed by atoms with Crippen molar-refractivity contribution in [3.63, 3.8) is 0 Å². The van der Waals surface area contributed by atoms with Crippen LogP contribution in [-0.4, -0.2) is 36.6 Å². The Kier molecular flexibility index (Phi) is 5.92. The molecule has 0 aromatic rings. The quantitative estimate of drug-likeness (QED) is 0.789. The van der Waals surface area contributed by atoms with E-state index in [2.05, 4.69) is 38.0 Å². The molecule has 3 unspecified atom stereocenters. The van der Waals surface area contributed by atoms with E-state index in [9.17, 15) is 0 Å². The fourth-order valence-electron chi connectivity index (χ4n) is 5.22. The minimum Gasteiger partial charge on any atom is -0.315 e. The van der Waals surface area contributed by atoms with Crippen molar-refractivity contribution in [2.24, 2.45) is 11.8 Å². The molecule has 0 radical (unpaired) electrons. The summed E-state index contributed by atoms with van der Waals surface area (Å²) in [6.07, 6.45) is 11.1. The van der Waals surface area contributed by atoms with E-state index in [1.165, 1.54) is 64.5 Å². The molecule has 1 aliphatic carbocycles. The van der Waals surface area contributed by atoms with Crippen LogP contribution >= 0.6 is 0 Å². The van der Waals surface area contributed by atoms with Crippen LogP contribution in [0, 0.1) is 11.8 Å². The zero-order chi connectivity index (χ0) is 14.6. The largest absolute Gasteiger partial charge is 0.315 e. The molecule has 2 heteroatoms. The zero-order valence-electron chi connectivity index (χ0n) is 14.3. The van der Waals surface area contributed by atoms with Crippen molar-refractivity contribution in [1.29, 1.82) is 0 Å².